The second-order valence-corrected chi connectivity index (χ2v) is 8.36. The topological polar surface area (TPSA) is 66.5 Å². The zero-order chi connectivity index (χ0) is 20.0. The van der Waals surface area contributed by atoms with Crippen LogP contribution in [0.4, 0.5) is 15.8 Å². The van der Waals surface area contributed by atoms with Crippen LogP contribution in [0.3, 0.4) is 0 Å². The largest absolute Gasteiger partial charge is 0.324 e. The van der Waals surface area contributed by atoms with Gasteiger partial charge in [0.05, 0.1) is 11.9 Å². The third-order valence-corrected chi connectivity index (χ3v) is 5.43. The SMILES string of the molecule is CCCCc1ccc(NC(=O)C(C)N(c2cccc(F)c2)S(C)(=O)=O)cc1. The lowest BCUT2D eigenvalue weighted by Gasteiger charge is -2.28. The minimum absolute atomic E-state index is 0.107. The lowest BCUT2D eigenvalue weighted by molar-refractivity contribution is -0.116. The van der Waals surface area contributed by atoms with Crippen LogP contribution < -0.4 is 9.62 Å². The van der Waals surface area contributed by atoms with E-state index in [4.69, 9.17) is 0 Å². The quantitative estimate of drug-likeness (QED) is 0.739. The van der Waals surface area contributed by atoms with E-state index in [9.17, 15) is 17.6 Å². The Morgan fingerprint density at radius 2 is 1.85 bits per heavy atom. The zero-order valence-corrected chi connectivity index (χ0v) is 16.6. The lowest BCUT2D eigenvalue weighted by Crippen LogP contribution is -2.45. The third kappa shape index (κ3) is 5.79. The normalized spacial score (nSPS) is 12.4. The molecule has 0 aliphatic carbocycles. The van der Waals surface area contributed by atoms with Gasteiger partial charge >= 0.3 is 0 Å². The molecule has 0 radical (unpaired) electrons. The lowest BCUT2D eigenvalue weighted by atomic mass is 10.1. The first-order valence-electron chi connectivity index (χ1n) is 8.87. The smallest absolute Gasteiger partial charge is 0.247 e. The van der Waals surface area contributed by atoms with E-state index in [1.165, 1.54) is 30.7 Å². The Kier molecular flexibility index (Phi) is 6.96. The van der Waals surface area contributed by atoms with Gasteiger partial charge in [-0.1, -0.05) is 31.5 Å². The Morgan fingerprint density at radius 1 is 1.19 bits per heavy atom. The van der Waals surface area contributed by atoms with Crippen molar-refractivity contribution >= 4 is 27.3 Å². The van der Waals surface area contributed by atoms with Crippen LogP contribution in [0.1, 0.15) is 32.3 Å². The molecule has 27 heavy (non-hydrogen) atoms. The van der Waals surface area contributed by atoms with Gasteiger partial charge in [0.15, 0.2) is 0 Å². The van der Waals surface area contributed by atoms with Gasteiger partial charge in [0.1, 0.15) is 11.9 Å². The zero-order valence-electron chi connectivity index (χ0n) is 15.8. The highest BCUT2D eigenvalue weighted by Crippen LogP contribution is 2.22. The maximum Gasteiger partial charge on any atom is 0.247 e. The van der Waals surface area contributed by atoms with E-state index in [2.05, 4.69) is 12.2 Å². The maximum absolute atomic E-state index is 13.5. The van der Waals surface area contributed by atoms with Crippen LogP contribution in [0.2, 0.25) is 0 Å². The van der Waals surface area contributed by atoms with Crippen molar-refractivity contribution in [2.75, 3.05) is 15.9 Å². The van der Waals surface area contributed by atoms with E-state index in [-0.39, 0.29) is 5.69 Å². The van der Waals surface area contributed by atoms with Gasteiger partial charge in [-0.15, -0.1) is 0 Å². The molecule has 2 aromatic carbocycles. The summed E-state index contributed by atoms with van der Waals surface area (Å²) in [5.74, 6) is -1.07. The Labute approximate surface area is 160 Å². The van der Waals surface area contributed by atoms with E-state index < -0.39 is 27.8 Å². The summed E-state index contributed by atoms with van der Waals surface area (Å²) < 4.78 is 38.9. The molecule has 0 heterocycles. The number of carbonyl (C=O) groups excluding carboxylic acids is 1. The second kappa shape index (κ2) is 8.99. The van der Waals surface area contributed by atoms with Gasteiger partial charge in [0.25, 0.3) is 0 Å². The molecule has 1 atom stereocenters. The molecule has 7 heteroatoms. The van der Waals surface area contributed by atoms with Crippen molar-refractivity contribution in [2.45, 2.75) is 39.2 Å². The van der Waals surface area contributed by atoms with Crippen LogP contribution in [-0.4, -0.2) is 26.6 Å². The molecule has 0 aromatic heterocycles. The first-order valence-corrected chi connectivity index (χ1v) is 10.7. The summed E-state index contributed by atoms with van der Waals surface area (Å²) in [7, 11) is -3.78. The highest BCUT2D eigenvalue weighted by Gasteiger charge is 2.29. The first kappa shape index (κ1) is 20.9. The number of benzene rings is 2. The van der Waals surface area contributed by atoms with E-state index in [1.807, 2.05) is 12.1 Å². The highest BCUT2D eigenvalue weighted by atomic mass is 32.2. The molecular weight excluding hydrogens is 367 g/mol. The van der Waals surface area contributed by atoms with Crippen LogP contribution >= 0.6 is 0 Å². The molecule has 0 spiro atoms. The van der Waals surface area contributed by atoms with Crippen LogP contribution in [0.25, 0.3) is 0 Å². The summed E-state index contributed by atoms with van der Waals surface area (Å²) in [5.41, 5.74) is 1.87. The fourth-order valence-electron chi connectivity index (χ4n) is 2.80. The molecule has 1 N–H and O–H groups in total. The molecule has 2 rings (SSSR count). The van der Waals surface area contributed by atoms with E-state index in [0.29, 0.717) is 5.69 Å². The number of amides is 1. The van der Waals surface area contributed by atoms with Gasteiger partial charge < -0.3 is 5.32 Å². The molecular formula is C20H25FN2O3S. The molecule has 146 valence electrons. The number of unbranched alkanes of at least 4 members (excludes halogenated alkanes) is 1. The predicted octanol–water partition coefficient (Wildman–Crippen LogP) is 3.96. The summed E-state index contributed by atoms with van der Waals surface area (Å²) in [6.45, 7) is 3.60. The molecule has 0 saturated heterocycles. The van der Waals surface area contributed by atoms with Crippen LogP contribution in [0.5, 0.6) is 0 Å². The van der Waals surface area contributed by atoms with Crippen molar-refractivity contribution in [1.82, 2.24) is 0 Å². The molecule has 2 aromatic rings. The number of sulfonamides is 1. The average molecular weight is 392 g/mol. The summed E-state index contributed by atoms with van der Waals surface area (Å²) >= 11 is 0. The number of nitrogens with one attached hydrogen (secondary N) is 1. The van der Waals surface area contributed by atoms with Gasteiger partial charge in [0, 0.05) is 5.69 Å². The minimum Gasteiger partial charge on any atom is -0.324 e. The second-order valence-electron chi connectivity index (χ2n) is 6.50. The van der Waals surface area contributed by atoms with Crippen LogP contribution in [-0.2, 0) is 21.2 Å². The van der Waals surface area contributed by atoms with Crippen LogP contribution in [0.15, 0.2) is 48.5 Å². The summed E-state index contributed by atoms with van der Waals surface area (Å²) in [6, 6.07) is 11.6. The number of nitrogens with zero attached hydrogens (tertiary/aromatic N) is 1. The number of anilines is 2. The van der Waals surface area contributed by atoms with Crippen LogP contribution in [0, 0.1) is 5.82 Å². The van der Waals surface area contributed by atoms with Crippen molar-refractivity contribution in [3.63, 3.8) is 0 Å². The van der Waals surface area contributed by atoms with Gasteiger partial charge in [-0.25, -0.2) is 12.8 Å². The fourth-order valence-corrected chi connectivity index (χ4v) is 3.97. The molecule has 0 fully saturated rings. The van der Waals surface area contributed by atoms with Crippen molar-refractivity contribution in [3.8, 4) is 0 Å². The standard InChI is InChI=1S/C20H25FN2O3S/c1-4-5-7-16-10-12-18(13-11-16)22-20(24)15(2)23(27(3,25)26)19-9-6-8-17(21)14-19/h6,8-15H,4-5,7H2,1-3H3,(H,22,24). The molecule has 0 aliphatic heterocycles. The van der Waals surface area contributed by atoms with Crippen molar-refractivity contribution in [3.05, 3.63) is 59.9 Å². The Hall–Kier alpha value is -2.41. The number of halogens is 1. The number of carbonyl (C=O) groups is 1. The van der Waals surface area contributed by atoms with Gasteiger partial charge in [-0.2, -0.15) is 0 Å². The third-order valence-electron chi connectivity index (χ3n) is 4.19. The Balaban J connectivity index is 2.17. The summed E-state index contributed by atoms with van der Waals surface area (Å²) in [5, 5.41) is 2.72. The fraction of sp³-hybridized carbons (Fsp3) is 0.350. The first-order chi connectivity index (χ1) is 12.7. The molecule has 1 amide bonds. The predicted molar refractivity (Wildman–Crippen MR) is 107 cm³/mol. The summed E-state index contributed by atoms with van der Waals surface area (Å²) in [6.07, 6.45) is 4.17. The molecule has 0 bridgehead atoms. The number of hydrogen-bond acceptors (Lipinski definition) is 3. The summed E-state index contributed by atoms with van der Waals surface area (Å²) in [4.78, 5) is 12.6. The van der Waals surface area contributed by atoms with Crippen molar-refractivity contribution in [1.29, 1.82) is 0 Å². The number of aryl methyl sites for hydroxylation is 1. The molecule has 1 unspecified atom stereocenters. The van der Waals surface area contributed by atoms with E-state index >= 15 is 0 Å². The highest BCUT2D eigenvalue weighted by molar-refractivity contribution is 7.92. The van der Waals surface area contributed by atoms with Gasteiger partial charge in [-0.3, -0.25) is 9.10 Å². The average Bonchev–Trinajstić information content (AvgIpc) is 2.60. The number of rotatable bonds is 8. The minimum atomic E-state index is -3.78. The van der Waals surface area contributed by atoms with Gasteiger partial charge in [-0.05, 0) is 55.7 Å². The molecule has 0 aliphatic rings. The number of hydrogen-bond donors (Lipinski definition) is 1. The monoisotopic (exact) mass is 392 g/mol. The molecule has 5 nitrogen and oxygen atoms in total. The Bertz CT molecular complexity index is 882. The van der Waals surface area contributed by atoms with Crippen molar-refractivity contribution < 1.29 is 17.6 Å². The maximum atomic E-state index is 13.5. The van der Waals surface area contributed by atoms with E-state index in [1.54, 1.807) is 12.1 Å². The van der Waals surface area contributed by atoms with Gasteiger partial charge in [0.2, 0.25) is 15.9 Å². The van der Waals surface area contributed by atoms with Crippen molar-refractivity contribution in [2.24, 2.45) is 0 Å². The Morgan fingerprint density at radius 3 is 2.41 bits per heavy atom. The van der Waals surface area contributed by atoms with E-state index in [0.717, 1.165) is 35.9 Å². The molecule has 0 saturated carbocycles.